The lowest BCUT2D eigenvalue weighted by atomic mass is 10.1. The number of rotatable bonds is 4. The van der Waals surface area contributed by atoms with Crippen LogP contribution in [0.15, 0.2) is 12.1 Å². The molecule has 3 rings (SSSR count). The first-order valence-electron chi connectivity index (χ1n) is 7.11. The number of ether oxygens (including phenoxy) is 3. The van der Waals surface area contributed by atoms with Crippen LogP contribution in [0.25, 0.3) is 0 Å². The maximum absolute atomic E-state index is 12.3. The number of hydrogen-bond donors (Lipinski definition) is 1. The van der Waals surface area contributed by atoms with E-state index >= 15 is 0 Å². The van der Waals surface area contributed by atoms with Gasteiger partial charge < -0.3 is 19.5 Å². The lowest BCUT2D eigenvalue weighted by molar-refractivity contribution is 0.0946. The van der Waals surface area contributed by atoms with Gasteiger partial charge in [0.25, 0.3) is 5.91 Å². The van der Waals surface area contributed by atoms with Crippen molar-refractivity contribution in [1.29, 1.82) is 0 Å². The summed E-state index contributed by atoms with van der Waals surface area (Å²) in [5.74, 6) is 4.49. The maximum Gasteiger partial charge on any atom is 0.251 e. The standard InChI is InChI=1S/C15H19NO4S/c1-18-12-6-11(7-13-14(12)20-4-3-19-13)15(17)16-8-10-2-5-21-9-10/h6-7,10H,2-5,8-9H2,1H3,(H,16,17). The minimum atomic E-state index is -0.0952. The Bertz CT molecular complexity index is 511. The minimum Gasteiger partial charge on any atom is -0.493 e. The largest absolute Gasteiger partial charge is 0.493 e. The van der Waals surface area contributed by atoms with Gasteiger partial charge in [0.1, 0.15) is 13.2 Å². The van der Waals surface area contributed by atoms with E-state index < -0.39 is 0 Å². The predicted molar refractivity (Wildman–Crippen MR) is 81.7 cm³/mol. The fourth-order valence-corrected chi connectivity index (χ4v) is 3.77. The highest BCUT2D eigenvalue weighted by atomic mass is 32.2. The molecule has 0 radical (unpaired) electrons. The van der Waals surface area contributed by atoms with Crippen LogP contribution < -0.4 is 19.5 Å². The second-order valence-electron chi connectivity index (χ2n) is 5.14. The highest BCUT2D eigenvalue weighted by Gasteiger charge is 2.22. The van der Waals surface area contributed by atoms with Crippen LogP contribution in [-0.2, 0) is 0 Å². The molecule has 1 saturated heterocycles. The number of benzene rings is 1. The van der Waals surface area contributed by atoms with Crippen LogP contribution in [0, 0.1) is 5.92 Å². The second kappa shape index (κ2) is 6.47. The van der Waals surface area contributed by atoms with E-state index in [2.05, 4.69) is 5.32 Å². The molecule has 0 aromatic heterocycles. The first-order valence-corrected chi connectivity index (χ1v) is 8.27. The van der Waals surface area contributed by atoms with Crippen LogP contribution in [-0.4, -0.2) is 44.3 Å². The molecule has 1 unspecified atom stereocenters. The molecule has 0 aliphatic carbocycles. The molecule has 6 heteroatoms. The van der Waals surface area contributed by atoms with Crippen molar-refractivity contribution in [3.8, 4) is 17.2 Å². The summed E-state index contributed by atoms with van der Waals surface area (Å²) < 4.78 is 16.4. The molecule has 2 aliphatic rings. The van der Waals surface area contributed by atoms with Gasteiger partial charge >= 0.3 is 0 Å². The average molecular weight is 309 g/mol. The summed E-state index contributed by atoms with van der Waals surface area (Å²) in [6, 6.07) is 3.42. The normalized spacial score (nSPS) is 20.1. The summed E-state index contributed by atoms with van der Waals surface area (Å²) in [5.41, 5.74) is 0.543. The summed E-state index contributed by atoms with van der Waals surface area (Å²) in [6.07, 6.45) is 1.18. The Morgan fingerprint density at radius 2 is 2.29 bits per heavy atom. The van der Waals surface area contributed by atoms with Gasteiger partial charge in [0.2, 0.25) is 5.75 Å². The van der Waals surface area contributed by atoms with Crippen LogP contribution in [0.2, 0.25) is 0 Å². The lowest BCUT2D eigenvalue weighted by Crippen LogP contribution is -2.29. The van der Waals surface area contributed by atoms with Crippen LogP contribution >= 0.6 is 11.8 Å². The molecular weight excluding hydrogens is 290 g/mol. The molecule has 1 aromatic rings. The van der Waals surface area contributed by atoms with E-state index in [1.807, 2.05) is 11.8 Å². The van der Waals surface area contributed by atoms with Crippen molar-refractivity contribution in [3.05, 3.63) is 17.7 Å². The van der Waals surface area contributed by atoms with E-state index in [1.165, 1.54) is 12.2 Å². The smallest absolute Gasteiger partial charge is 0.251 e. The Morgan fingerprint density at radius 3 is 3.05 bits per heavy atom. The van der Waals surface area contributed by atoms with Gasteiger partial charge in [-0.15, -0.1) is 0 Å². The SMILES string of the molecule is COc1cc(C(=O)NCC2CCSC2)cc2c1OCCO2. The maximum atomic E-state index is 12.3. The predicted octanol–water partition coefficient (Wildman–Crippen LogP) is 1.95. The van der Waals surface area contributed by atoms with Gasteiger partial charge in [0.15, 0.2) is 11.5 Å². The molecule has 1 amide bonds. The number of fused-ring (bicyclic) bond motifs is 1. The van der Waals surface area contributed by atoms with E-state index in [0.29, 0.717) is 41.9 Å². The van der Waals surface area contributed by atoms with Crippen molar-refractivity contribution >= 4 is 17.7 Å². The molecule has 2 aliphatic heterocycles. The molecule has 114 valence electrons. The topological polar surface area (TPSA) is 56.8 Å². The molecule has 1 N–H and O–H groups in total. The third kappa shape index (κ3) is 3.20. The minimum absolute atomic E-state index is 0.0952. The molecule has 1 fully saturated rings. The van der Waals surface area contributed by atoms with Crippen molar-refractivity contribution in [3.63, 3.8) is 0 Å². The van der Waals surface area contributed by atoms with Gasteiger partial charge in [-0.2, -0.15) is 11.8 Å². The molecule has 21 heavy (non-hydrogen) atoms. The number of carbonyl (C=O) groups is 1. The van der Waals surface area contributed by atoms with Crippen LogP contribution in [0.3, 0.4) is 0 Å². The zero-order valence-corrected chi connectivity index (χ0v) is 12.8. The van der Waals surface area contributed by atoms with E-state index in [9.17, 15) is 4.79 Å². The molecular formula is C15H19NO4S. The van der Waals surface area contributed by atoms with Crippen molar-refractivity contribution in [1.82, 2.24) is 5.32 Å². The number of amides is 1. The monoisotopic (exact) mass is 309 g/mol. The van der Waals surface area contributed by atoms with Crippen LogP contribution in [0.1, 0.15) is 16.8 Å². The number of hydrogen-bond acceptors (Lipinski definition) is 5. The Hall–Kier alpha value is -1.56. The van der Waals surface area contributed by atoms with Crippen LogP contribution in [0.5, 0.6) is 17.2 Å². The fourth-order valence-electron chi connectivity index (χ4n) is 2.49. The van der Waals surface area contributed by atoms with Crippen molar-refractivity contribution in [2.75, 3.05) is 38.4 Å². The van der Waals surface area contributed by atoms with Gasteiger partial charge in [0.05, 0.1) is 7.11 Å². The Morgan fingerprint density at radius 1 is 1.43 bits per heavy atom. The van der Waals surface area contributed by atoms with Gasteiger partial charge in [-0.05, 0) is 36.0 Å². The fraction of sp³-hybridized carbons (Fsp3) is 0.533. The molecule has 0 bridgehead atoms. The van der Waals surface area contributed by atoms with Crippen LogP contribution in [0.4, 0.5) is 0 Å². The summed E-state index contributed by atoms with van der Waals surface area (Å²) in [5, 5.41) is 2.99. The molecule has 1 aromatic carbocycles. The molecule has 0 saturated carbocycles. The van der Waals surface area contributed by atoms with Gasteiger partial charge in [-0.3, -0.25) is 4.79 Å². The highest BCUT2D eigenvalue weighted by molar-refractivity contribution is 7.99. The average Bonchev–Trinajstić information content (AvgIpc) is 3.04. The summed E-state index contributed by atoms with van der Waals surface area (Å²) in [4.78, 5) is 12.3. The molecule has 0 spiro atoms. The van der Waals surface area contributed by atoms with E-state index in [4.69, 9.17) is 14.2 Å². The van der Waals surface area contributed by atoms with E-state index in [-0.39, 0.29) is 5.91 Å². The number of carbonyl (C=O) groups excluding carboxylic acids is 1. The zero-order valence-electron chi connectivity index (χ0n) is 12.0. The first kappa shape index (κ1) is 14.4. The molecule has 1 atom stereocenters. The number of methoxy groups -OCH3 is 1. The van der Waals surface area contributed by atoms with Gasteiger partial charge in [0, 0.05) is 12.1 Å². The Kier molecular flexibility index (Phi) is 4.43. The second-order valence-corrected chi connectivity index (χ2v) is 6.29. The lowest BCUT2D eigenvalue weighted by Gasteiger charge is -2.21. The van der Waals surface area contributed by atoms with Crippen molar-refractivity contribution < 1.29 is 19.0 Å². The van der Waals surface area contributed by atoms with Crippen molar-refractivity contribution in [2.24, 2.45) is 5.92 Å². The van der Waals surface area contributed by atoms with E-state index in [1.54, 1.807) is 19.2 Å². The zero-order chi connectivity index (χ0) is 14.7. The summed E-state index contributed by atoms with van der Waals surface area (Å²) in [6.45, 7) is 1.71. The molecule has 5 nitrogen and oxygen atoms in total. The van der Waals surface area contributed by atoms with Gasteiger partial charge in [-0.25, -0.2) is 0 Å². The highest BCUT2D eigenvalue weighted by Crippen LogP contribution is 2.40. The third-order valence-corrected chi connectivity index (χ3v) is 4.90. The Labute approximate surface area is 128 Å². The number of nitrogens with one attached hydrogen (secondary N) is 1. The Balaban J connectivity index is 1.73. The molecule has 2 heterocycles. The van der Waals surface area contributed by atoms with Gasteiger partial charge in [-0.1, -0.05) is 0 Å². The number of thioether (sulfide) groups is 1. The quantitative estimate of drug-likeness (QED) is 0.921. The van der Waals surface area contributed by atoms with Crippen molar-refractivity contribution in [2.45, 2.75) is 6.42 Å². The first-order chi connectivity index (χ1) is 10.3. The summed E-state index contributed by atoms with van der Waals surface area (Å²) >= 11 is 1.95. The van der Waals surface area contributed by atoms with E-state index in [0.717, 1.165) is 12.3 Å². The third-order valence-electron chi connectivity index (χ3n) is 3.67. The summed E-state index contributed by atoms with van der Waals surface area (Å²) in [7, 11) is 1.56.